The molecule has 0 unspecified atom stereocenters. The summed E-state index contributed by atoms with van der Waals surface area (Å²) in [4.78, 5) is 22.3. The van der Waals surface area contributed by atoms with Gasteiger partial charge >= 0.3 is 0 Å². The van der Waals surface area contributed by atoms with E-state index in [0.717, 1.165) is 70.8 Å². The van der Waals surface area contributed by atoms with E-state index in [4.69, 9.17) is 0 Å². The minimum Gasteiger partial charge on any atom is -0.391 e. The lowest BCUT2D eigenvalue weighted by atomic mass is 10.0. The molecule has 192 valence electrons. The molecule has 0 bridgehead atoms. The van der Waals surface area contributed by atoms with Crippen LogP contribution in [0.4, 0.5) is 5.69 Å². The van der Waals surface area contributed by atoms with Crippen molar-refractivity contribution < 1.29 is 9.90 Å². The minimum absolute atomic E-state index is 0.0358. The Morgan fingerprint density at radius 3 is 2.28 bits per heavy atom. The smallest absolute Gasteiger partial charge is 0.253 e. The third kappa shape index (κ3) is 6.36. The van der Waals surface area contributed by atoms with Crippen LogP contribution in [0.2, 0.25) is 0 Å². The van der Waals surface area contributed by atoms with Crippen LogP contribution in [0.15, 0.2) is 60.7 Å². The Bertz CT molecular complexity index is 993. The van der Waals surface area contributed by atoms with Gasteiger partial charge in [-0.15, -0.1) is 0 Å². The zero-order valence-corrected chi connectivity index (χ0v) is 21.3. The first-order valence-electron chi connectivity index (χ1n) is 13.7. The molecule has 0 aromatic heterocycles. The van der Waals surface area contributed by atoms with Crippen molar-refractivity contribution in [3.63, 3.8) is 0 Å². The van der Waals surface area contributed by atoms with Crippen LogP contribution >= 0.6 is 0 Å². The molecule has 0 aliphatic carbocycles. The molecule has 36 heavy (non-hydrogen) atoms. The summed E-state index contributed by atoms with van der Waals surface area (Å²) in [5.74, 6) is 0.0358. The van der Waals surface area contributed by atoms with Gasteiger partial charge in [-0.1, -0.05) is 42.5 Å². The van der Waals surface area contributed by atoms with Crippen molar-refractivity contribution in [3.8, 4) is 0 Å². The van der Waals surface area contributed by atoms with Crippen LogP contribution in [0, 0.1) is 0 Å². The van der Waals surface area contributed by atoms with Gasteiger partial charge in [-0.3, -0.25) is 14.6 Å². The first-order valence-corrected chi connectivity index (χ1v) is 13.7. The number of rotatable bonds is 6. The largest absolute Gasteiger partial charge is 0.391 e. The van der Waals surface area contributed by atoms with E-state index in [1.165, 1.54) is 24.1 Å². The van der Waals surface area contributed by atoms with E-state index in [1.807, 2.05) is 12.1 Å². The number of amides is 1. The Hall–Kier alpha value is -2.67. The van der Waals surface area contributed by atoms with Gasteiger partial charge in [0.25, 0.3) is 5.91 Å². The van der Waals surface area contributed by atoms with Crippen LogP contribution in [0.5, 0.6) is 0 Å². The number of aliphatic hydroxyl groups excluding tert-OH is 1. The molecule has 0 radical (unpaired) electrons. The first kappa shape index (κ1) is 25.0. The predicted molar refractivity (Wildman–Crippen MR) is 146 cm³/mol. The van der Waals surface area contributed by atoms with Crippen molar-refractivity contribution in [1.29, 1.82) is 0 Å². The third-order valence-corrected chi connectivity index (χ3v) is 8.02. The molecule has 3 saturated heterocycles. The summed E-state index contributed by atoms with van der Waals surface area (Å²) in [6.07, 6.45) is 8.19. The van der Waals surface area contributed by atoms with Crippen LogP contribution in [0.1, 0.15) is 41.6 Å². The van der Waals surface area contributed by atoms with E-state index < -0.39 is 0 Å². The van der Waals surface area contributed by atoms with E-state index in [2.05, 4.69) is 69.3 Å². The van der Waals surface area contributed by atoms with E-state index >= 15 is 0 Å². The number of β-amino-alcohol motifs (C(OH)–C–C–N with tert-alkyl or cyclic N) is 1. The number of hydrogen-bond donors (Lipinski definition) is 1. The quantitative estimate of drug-likeness (QED) is 0.674. The molecule has 3 aliphatic rings. The fourth-order valence-corrected chi connectivity index (χ4v) is 5.84. The van der Waals surface area contributed by atoms with Crippen molar-refractivity contribution in [2.24, 2.45) is 0 Å². The van der Waals surface area contributed by atoms with Gasteiger partial charge in [0.15, 0.2) is 0 Å². The third-order valence-electron chi connectivity index (χ3n) is 8.02. The Kier molecular flexibility index (Phi) is 8.36. The lowest BCUT2D eigenvalue weighted by Crippen LogP contribution is -2.53. The van der Waals surface area contributed by atoms with Crippen molar-refractivity contribution in [2.45, 2.75) is 37.8 Å². The molecule has 0 spiro atoms. The topological polar surface area (TPSA) is 50.3 Å². The lowest BCUT2D eigenvalue weighted by Gasteiger charge is -2.43. The number of piperazine rings is 1. The highest BCUT2D eigenvalue weighted by atomic mass is 16.3. The van der Waals surface area contributed by atoms with E-state index in [-0.39, 0.29) is 12.0 Å². The van der Waals surface area contributed by atoms with Crippen LogP contribution in [-0.2, 0) is 0 Å². The zero-order valence-electron chi connectivity index (χ0n) is 21.3. The van der Waals surface area contributed by atoms with Gasteiger partial charge in [0.1, 0.15) is 0 Å². The molecule has 0 saturated carbocycles. The van der Waals surface area contributed by atoms with Gasteiger partial charge in [0.2, 0.25) is 0 Å². The normalized spacial score (nSPS) is 22.9. The lowest BCUT2D eigenvalue weighted by molar-refractivity contribution is 0.0474. The number of nitrogens with zero attached hydrogens (tertiary/aromatic N) is 4. The fourth-order valence-electron chi connectivity index (χ4n) is 5.84. The number of likely N-dealkylation sites (tertiary alicyclic amines) is 1. The molecule has 3 aliphatic heterocycles. The van der Waals surface area contributed by atoms with Crippen LogP contribution in [0.25, 0.3) is 6.08 Å². The molecule has 1 atom stereocenters. The van der Waals surface area contributed by atoms with Crippen molar-refractivity contribution in [1.82, 2.24) is 14.7 Å². The molecular weight excluding hydrogens is 448 g/mol. The van der Waals surface area contributed by atoms with E-state index in [9.17, 15) is 9.90 Å². The molecule has 3 fully saturated rings. The Balaban J connectivity index is 1.05. The van der Waals surface area contributed by atoms with E-state index in [0.29, 0.717) is 12.6 Å². The van der Waals surface area contributed by atoms with Crippen molar-refractivity contribution in [3.05, 3.63) is 71.8 Å². The summed E-state index contributed by atoms with van der Waals surface area (Å²) < 4.78 is 0. The Labute approximate surface area is 215 Å². The number of anilines is 1. The van der Waals surface area contributed by atoms with Crippen molar-refractivity contribution in [2.75, 3.05) is 63.8 Å². The molecule has 5 rings (SSSR count). The van der Waals surface area contributed by atoms with Gasteiger partial charge in [-0.2, -0.15) is 0 Å². The number of benzene rings is 2. The van der Waals surface area contributed by atoms with Crippen molar-refractivity contribution >= 4 is 17.7 Å². The van der Waals surface area contributed by atoms with Gasteiger partial charge in [-0.25, -0.2) is 0 Å². The number of hydrogen-bond acceptors (Lipinski definition) is 5. The molecule has 3 heterocycles. The molecule has 6 nitrogen and oxygen atoms in total. The summed E-state index contributed by atoms with van der Waals surface area (Å²) in [6, 6.07) is 19.3. The SMILES string of the molecule is O=C(c1ccc(N2CCC(N3CCN(C/C=C/c4ccccc4)CC3)CC2)cc1)N1CCC[C@H](O)C1. The van der Waals surface area contributed by atoms with Crippen LogP contribution < -0.4 is 4.90 Å². The summed E-state index contributed by atoms with van der Waals surface area (Å²) in [7, 11) is 0. The minimum atomic E-state index is -0.386. The molecular formula is C30H40N4O2. The Morgan fingerprint density at radius 1 is 0.861 bits per heavy atom. The van der Waals surface area contributed by atoms with Gasteiger partial charge in [0, 0.05) is 76.2 Å². The highest BCUT2D eigenvalue weighted by Crippen LogP contribution is 2.24. The number of piperidine rings is 2. The van der Waals surface area contributed by atoms with Gasteiger partial charge in [0.05, 0.1) is 6.10 Å². The van der Waals surface area contributed by atoms with Gasteiger partial charge in [-0.05, 0) is 55.5 Å². The molecule has 1 amide bonds. The van der Waals surface area contributed by atoms with E-state index in [1.54, 1.807) is 4.90 Å². The van der Waals surface area contributed by atoms with Gasteiger partial charge < -0.3 is 14.9 Å². The summed E-state index contributed by atoms with van der Waals surface area (Å²) in [5, 5.41) is 9.88. The zero-order chi connectivity index (χ0) is 24.7. The number of aliphatic hydroxyl groups is 1. The molecule has 2 aromatic carbocycles. The monoisotopic (exact) mass is 488 g/mol. The second kappa shape index (κ2) is 12.0. The molecule has 6 heteroatoms. The highest BCUT2D eigenvalue weighted by molar-refractivity contribution is 5.94. The summed E-state index contributed by atoms with van der Waals surface area (Å²) in [6.45, 7) is 8.95. The first-order chi connectivity index (χ1) is 17.7. The number of carbonyl (C=O) groups excluding carboxylic acids is 1. The average molecular weight is 489 g/mol. The van der Waals surface area contributed by atoms with Crippen LogP contribution in [0.3, 0.4) is 0 Å². The maximum atomic E-state index is 12.8. The summed E-state index contributed by atoms with van der Waals surface area (Å²) in [5.41, 5.74) is 3.20. The fraction of sp³-hybridized carbons (Fsp3) is 0.500. The molecule has 2 aromatic rings. The maximum absolute atomic E-state index is 12.8. The van der Waals surface area contributed by atoms with Crippen LogP contribution in [-0.4, -0.2) is 96.8 Å². The maximum Gasteiger partial charge on any atom is 0.253 e. The standard InChI is InChI=1S/C30H40N4O2/c35-29-9-5-17-34(24-29)30(36)26-10-12-27(13-11-26)32-18-14-28(15-19-32)33-22-20-31(21-23-33)16-4-8-25-6-2-1-3-7-25/h1-4,6-8,10-13,28-29,35H,5,9,14-24H2/b8-4+/t29-/m0/s1. The number of carbonyl (C=O) groups is 1. The predicted octanol–water partition coefficient (Wildman–Crippen LogP) is 3.58. The summed E-state index contributed by atoms with van der Waals surface area (Å²) >= 11 is 0. The second-order valence-electron chi connectivity index (χ2n) is 10.5. The Morgan fingerprint density at radius 2 is 1.58 bits per heavy atom. The molecule has 1 N–H and O–H groups in total. The second-order valence-corrected chi connectivity index (χ2v) is 10.5. The average Bonchev–Trinajstić information content (AvgIpc) is 2.94. The highest BCUT2D eigenvalue weighted by Gasteiger charge is 2.28.